The summed E-state index contributed by atoms with van der Waals surface area (Å²) >= 11 is 0. The van der Waals surface area contributed by atoms with Crippen molar-refractivity contribution in [1.82, 2.24) is 0 Å². The first-order valence-corrected chi connectivity index (χ1v) is 17.9. The number of phosphoric ester groups is 1. The van der Waals surface area contributed by atoms with Crippen LogP contribution in [-0.2, 0) is 27.9 Å². The number of ether oxygens (including phenoxy) is 2. The van der Waals surface area contributed by atoms with Crippen molar-refractivity contribution in [3.05, 3.63) is 72.9 Å². The molecular formula is C35H60NO7P. The lowest BCUT2D eigenvalue weighted by molar-refractivity contribution is -0.154. The van der Waals surface area contributed by atoms with Gasteiger partial charge in [-0.25, -0.2) is 4.57 Å². The molecule has 2 atom stereocenters. The SMILES string of the molecule is CC/C=C\C/C=C\C/C=C\C/C=C\C/C=C\C/C=C\CCCOCC(COP(=O)(O)OCCN)OC(=O)CCCCCCC. The van der Waals surface area contributed by atoms with Crippen LogP contribution in [0.1, 0.15) is 104 Å². The van der Waals surface area contributed by atoms with Gasteiger partial charge in [0.05, 0.1) is 19.8 Å². The molecule has 0 saturated carbocycles. The number of nitrogens with two attached hydrogens (primary N) is 1. The molecule has 0 aliphatic heterocycles. The quantitative estimate of drug-likeness (QED) is 0.0347. The third-order valence-corrected chi connectivity index (χ3v) is 7.12. The fraction of sp³-hybridized carbons (Fsp3) is 0.629. The highest BCUT2D eigenvalue weighted by Gasteiger charge is 2.25. The Kier molecular flexibility index (Phi) is 30.8. The van der Waals surface area contributed by atoms with Crippen LogP contribution in [-0.4, -0.2) is 49.9 Å². The molecule has 252 valence electrons. The summed E-state index contributed by atoms with van der Waals surface area (Å²) < 4.78 is 32.9. The van der Waals surface area contributed by atoms with Crippen LogP contribution in [0.25, 0.3) is 0 Å². The van der Waals surface area contributed by atoms with Crippen LogP contribution >= 0.6 is 7.82 Å². The van der Waals surface area contributed by atoms with Gasteiger partial charge in [0, 0.05) is 19.6 Å². The molecule has 0 heterocycles. The van der Waals surface area contributed by atoms with Gasteiger partial charge in [0.1, 0.15) is 6.10 Å². The zero-order valence-corrected chi connectivity index (χ0v) is 28.3. The van der Waals surface area contributed by atoms with Crippen molar-refractivity contribution in [2.24, 2.45) is 5.73 Å². The Morgan fingerprint density at radius 1 is 0.705 bits per heavy atom. The largest absolute Gasteiger partial charge is 0.472 e. The second-order valence-corrected chi connectivity index (χ2v) is 11.7. The number of hydrogen-bond donors (Lipinski definition) is 2. The first-order valence-electron chi connectivity index (χ1n) is 16.4. The first kappa shape index (κ1) is 41.9. The molecular weight excluding hydrogens is 577 g/mol. The summed E-state index contributed by atoms with van der Waals surface area (Å²) in [6, 6.07) is 0. The zero-order chi connectivity index (χ0) is 32.4. The van der Waals surface area contributed by atoms with Gasteiger partial charge in [-0.2, -0.15) is 0 Å². The van der Waals surface area contributed by atoms with Crippen molar-refractivity contribution >= 4 is 13.8 Å². The number of carbonyl (C=O) groups is 1. The van der Waals surface area contributed by atoms with Crippen LogP contribution in [0.2, 0.25) is 0 Å². The van der Waals surface area contributed by atoms with Crippen LogP contribution in [0.5, 0.6) is 0 Å². The number of hydrogen-bond acceptors (Lipinski definition) is 7. The summed E-state index contributed by atoms with van der Waals surface area (Å²) in [7, 11) is -4.27. The average molecular weight is 638 g/mol. The summed E-state index contributed by atoms with van der Waals surface area (Å²) in [6.07, 6.45) is 38.2. The lowest BCUT2D eigenvalue weighted by atomic mass is 10.1. The van der Waals surface area contributed by atoms with Crippen LogP contribution < -0.4 is 5.73 Å². The lowest BCUT2D eigenvalue weighted by Crippen LogP contribution is -2.28. The van der Waals surface area contributed by atoms with Crippen molar-refractivity contribution in [2.75, 3.05) is 33.0 Å². The van der Waals surface area contributed by atoms with E-state index in [2.05, 4.69) is 86.8 Å². The van der Waals surface area contributed by atoms with Gasteiger partial charge in [-0.1, -0.05) is 112 Å². The molecule has 8 nitrogen and oxygen atoms in total. The van der Waals surface area contributed by atoms with E-state index in [4.69, 9.17) is 24.3 Å². The third kappa shape index (κ3) is 31.4. The topological polar surface area (TPSA) is 117 Å². The summed E-state index contributed by atoms with van der Waals surface area (Å²) in [5, 5.41) is 0. The fourth-order valence-electron chi connectivity index (χ4n) is 3.77. The van der Waals surface area contributed by atoms with Crippen molar-refractivity contribution in [3.8, 4) is 0 Å². The van der Waals surface area contributed by atoms with Crippen molar-refractivity contribution < 1.29 is 32.8 Å². The molecule has 0 bridgehead atoms. The highest BCUT2D eigenvalue weighted by Crippen LogP contribution is 2.43. The van der Waals surface area contributed by atoms with Crippen LogP contribution in [0.15, 0.2) is 72.9 Å². The fourth-order valence-corrected chi connectivity index (χ4v) is 4.54. The summed E-state index contributed by atoms with van der Waals surface area (Å²) in [4.78, 5) is 22.0. The molecule has 0 amide bonds. The molecule has 3 N–H and O–H groups in total. The molecule has 0 radical (unpaired) electrons. The zero-order valence-electron chi connectivity index (χ0n) is 27.4. The maximum atomic E-state index is 12.3. The smallest absolute Gasteiger partial charge is 0.457 e. The first-order chi connectivity index (χ1) is 21.4. The van der Waals surface area contributed by atoms with Crippen molar-refractivity contribution in [2.45, 2.75) is 110 Å². The van der Waals surface area contributed by atoms with Crippen LogP contribution in [0, 0.1) is 0 Å². The molecule has 0 saturated heterocycles. The number of rotatable bonds is 30. The van der Waals surface area contributed by atoms with E-state index in [-0.39, 0.29) is 32.3 Å². The van der Waals surface area contributed by atoms with Gasteiger partial charge in [0.2, 0.25) is 0 Å². The van der Waals surface area contributed by atoms with E-state index in [9.17, 15) is 14.3 Å². The Bertz CT molecular complexity index is 896. The molecule has 0 aliphatic rings. The monoisotopic (exact) mass is 637 g/mol. The number of carbonyl (C=O) groups excluding carboxylic acids is 1. The number of phosphoric acid groups is 1. The standard InChI is InChI=1S/C35H60NO7P/c1-3-5-7-9-10-11-12-13-14-15-16-17-18-19-20-21-22-23-25-27-30-40-32-34(33-42-44(38,39)41-31-29-36)43-35(37)28-26-24-8-6-4-2/h5,7,10-11,13-14,16-17,19-20,22-23,34H,3-4,6,8-9,12,15,18,21,24-33,36H2,1-2H3,(H,38,39)/b7-5-,11-10-,14-13-,17-16-,20-19-,23-22-. The molecule has 44 heavy (non-hydrogen) atoms. The van der Waals surface area contributed by atoms with E-state index in [0.29, 0.717) is 13.0 Å². The molecule has 0 spiro atoms. The number of esters is 1. The van der Waals surface area contributed by atoms with Gasteiger partial charge in [-0.05, 0) is 57.8 Å². The van der Waals surface area contributed by atoms with Gasteiger partial charge >= 0.3 is 13.8 Å². The Labute approximate surface area is 267 Å². The Morgan fingerprint density at radius 2 is 1.25 bits per heavy atom. The van der Waals surface area contributed by atoms with E-state index >= 15 is 0 Å². The van der Waals surface area contributed by atoms with E-state index in [1.807, 2.05) is 0 Å². The van der Waals surface area contributed by atoms with Crippen molar-refractivity contribution in [3.63, 3.8) is 0 Å². The highest BCUT2D eigenvalue weighted by atomic mass is 31.2. The van der Waals surface area contributed by atoms with Crippen LogP contribution in [0.3, 0.4) is 0 Å². The number of allylic oxidation sites excluding steroid dienone is 12. The van der Waals surface area contributed by atoms with Gasteiger partial charge in [0.15, 0.2) is 0 Å². The van der Waals surface area contributed by atoms with E-state index in [1.165, 1.54) is 0 Å². The van der Waals surface area contributed by atoms with Crippen molar-refractivity contribution in [1.29, 1.82) is 0 Å². The summed E-state index contributed by atoms with van der Waals surface area (Å²) in [5.74, 6) is -0.368. The molecule has 0 aromatic rings. The molecule has 0 fully saturated rings. The third-order valence-electron chi connectivity index (χ3n) is 6.14. The van der Waals surface area contributed by atoms with E-state index in [1.54, 1.807) is 0 Å². The molecule has 9 heteroatoms. The normalized spacial score (nSPS) is 14.7. The van der Waals surface area contributed by atoms with Gasteiger partial charge in [-0.15, -0.1) is 0 Å². The minimum Gasteiger partial charge on any atom is -0.457 e. The van der Waals surface area contributed by atoms with Gasteiger partial charge in [0.25, 0.3) is 0 Å². The average Bonchev–Trinajstić information content (AvgIpc) is 3.01. The molecule has 2 unspecified atom stereocenters. The Hall–Kier alpha value is -2.06. The van der Waals surface area contributed by atoms with Gasteiger partial charge < -0.3 is 20.1 Å². The number of unbranched alkanes of at least 4 members (excludes halogenated alkanes) is 5. The Balaban J connectivity index is 4.15. The lowest BCUT2D eigenvalue weighted by Gasteiger charge is -2.20. The molecule has 0 aromatic heterocycles. The molecule has 0 rings (SSSR count). The maximum Gasteiger partial charge on any atom is 0.472 e. The Morgan fingerprint density at radius 3 is 1.80 bits per heavy atom. The maximum absolute atomic E-state index is 12.3. The van der Waals surface area contributed by atoms with E-state index in [0.717, 1.165) is 83.5 Å². The minimum atomic E-state index is -4.27. The second kappa shape index (κ2) is 32.3. The minimum absolute atomic E-state index is 0.0716. The predicted molar refractivity (Wildman–Crippen MR) is 182 cm³/mol. The molecule has 0 aromatic carbocycles. The summed E-state index contributed by atoms with van der Waals surface area (Å²) in [6.45, 7) is 4.50. The highest BCUT2D eigenvalue weighted by molar-refractivity contribution is 7.47. The second-order valence-electron chi connectivity index (χ2n) is 10.3. The van der Waals surface area contributed by atoms with Crippen LogP contribution in [0.4, 0.5) is 0 Å². The van der Waals surface area contributed by atoms with E-state index < -0.39 is 13.9 Å². The summed E-state index contributed by atoms with van der Waals surface area (Å²) in [5.41, 5.74) is 5.31. The predicted octanol–water partition coefficient (Wildman–Crippen LogP) is 8.85. The van der Waals surface area contributed by atoms with Gasteiger partial charge in [-0.3, -0.25) is 13.8 Å². The molecule has 0 aliphatic carbocycles.